The zero-order chi connectivity index (χ0) is 17.4. The van der Waals surface area contributed by atoms with Crippen molar-refractivity contribution in [1.82, 2.24) is 24.5 Å². The molecule has 1 aromatic carbocycles. The molecule has 126 valence electrons. The molecular formula is C19H19N5O. The molecule has 0 fully saturated rings. The SMILES string of the molecule is Cc1cn(CC(=O)NC(C)c2nnc3ccccn23)c2ccccc12. The first-order valence-corrected chi connectivity index (χ1v) is 8.27. The second-order valence-electron chi connectivity index (χ2n) is 6.23. The van der Waals surface area contributed by atoms with E-state index < -0.39 is 0 Å². The van der Waals surface area contributed by atoms with Gasteiger partial charge in [-0.2, -0.15) is 0 Å². The van der Waals surface area contributed by atoms with E-state index in [1.165, 1.54) is 10.9 Å². The Kier molecular flexibility index (Phi) is 3.72. The lowest BCUT2D eigenvalue weighted by molar-refractivity contribution is -0.122. The lowest BCUT2D eigenvalue weighted by atomic mass is 10.2. The van der Waals surface area contributed by atoms with E-state index in [1.54, 1.807) is 0 Å². The Hall–Kier alpha value is -3.15. The van der Waals surface area contributed by atoms with Crippen molar-refractivity contribution in [2.75, 3.05) is 0 Å². The Morgan fingerprint density at radius 1 is 1.16 bits per heavy atom. The highest BCUT2D eigenvalue weighted by molar-refractivity contribution is 5.86. The van der Waals surface area contributed by atoms with Crippen LogP contribution in [0.15, 0.2) is 54.9 Å². The topological polar surface area (TPSA) is 64.2 Å². The summed E-state index contributed by atoms with van der Waals surface area (Å²) in [6, 6.07) is 13.6. The molecule has 0 aliphatic carbocycles. The maximum Gasteiger partial charge on any atom is 0.240 e. The standard InChI is InChI=1S/C19H19N5O/c1-13-11-23(16-8-4-3-7-15(13)16)12-18(25)20-14(2)19-22-21-17-9-5-6-10-24(17)19/h3-11,14H,12H2,1-2H3,(H,20,25). The van der Waals surface area contributed by atoms with Crippen molar-refractivity contribution in [2.24, 2.45) is 0 Å². The fraction of sp³-hybridized carbons (Fsp3) is 0.211. The molecule has 1 unspecified atom stereocenters. The zero-order valence-corrected chi connectivity index (χ0v) is 14.2. The van der Waals surface area contributed by atoms with E-state index in [4.69, 9.17) is 0 Å². The molecule has 0 aliphatic rings. The minimum absolute atomic E-state index is 0.0547. The molecule has 0 aliphatic heterocycles. The number of amides is 1. The van der Waals surface area contributed by atoms with Crippen molar-refractivity contribution in [3.8, 4) is 0 Å². The van der Waals surface area contributed by atoms with Gasteiger partial charge < -0.3 is 9.88 Å². The number of carbonyl (C=O) groups excluding carboxylic acids is 1. The number of aromatic nitrogens is 4. The van der Waals surface area contributed by atoms with Gasteiger partial charge in [0.15, 0.2) is 11.5 Å². The van der Waals surface area contributed by atoms with Crippen LogP contribution in [0, 0.1) is 6.92 Å². The summed E-state index contributed by atoms with van der Waals surface area (Å²) in [7, 11) is 0. The largest absolute Gasteiger partial charge is 0.345 e. The normalized spacial score (nSPS) is 12.6. The number of fused-ring (bicyclic) bond motifs is 2. The Bertz CT molecular complexity index is 1060. The van der Waals surface area contributed by atoms with Crippen LogP contribution < -0.4 is 5.32 Å². The van der Waals surface area contributed by atoms with Crippen molar-refractivity contribution in [2.45, 2.75) is 26.4 Å². The fourth-order valence-electron chi connectivity index (χ4n) is 3.22. The van der Waals surface area contributed by atoms with Crippen molar-refractivity contribution in [3.05, 3.63) is 66.2 Å². The summed E-state index contributed by atoms with van der Waals surface area (Å²) >= 11 is 0. The van der Waals surface area contributed by atoms with Crippen LogP contribution >= 0.6 is 0 Å². The van der Waals surface area contributed by atoms with Gasteiger partial charge in [0.2, 0.25) is 5.91 Å². The van der Waals surface area contributed by atoms with Gasteiger partial charge in [-0.25, -0.2) is 0 Å². The molecule has 0 spiro atoms. The molecule has 0 bridgehead atoms. The molecule has 1 N–H and O–H groups in total. The number of nitrogens with zero attached hydrogens (tertiary/aromatic N) is 4. The molecular weight excluding hydrogens is 314 g/mol. The second kappa shape index (κ2) is 6.05. The number of carbonyl (C=O) groups is 1. The Balaban J connectivity index is 1.53. The van der Waals surface area contributed by atoms with Gasteiger partial charge >= 0.3 is 0 Å². The van der Waals surface area contributed by atoms with Crippen LogP contribution in [0.5, 0.6) is 0 Å². The number of rotatable bonds is 4. The predicted octanol–water partition coefficient (Wildman–Crippen LogP) is 2.87. The number of aryl methyl sites for hydroxylation is 1. The lowest BCUT2D eigenvalue weighted by Crippen LogP contribution is -2.31. The summed E-state index contributed by atoms with van der Waals surface area (Å²) in [5.74, 6) is 0.665. The molecule has 25 heavy (non-hydrogen) atoms. The summed E-state index contributed by atoms with van der Waals surface area (Å²) in [6.45, 7) is 4.25. The fourth-order valence-corrected chi connectivity index (χ4v) is 3.22. The number of para-hydroxylation sites is 1. The predicted molar refractivity (Wildman–Crippen MR) is 96.2 cm³/mol. The molecule has 0 saturated carbocycles. The average Bonchev–Trinajstić information content (AvgIpc) is 3.17. The summed E-state index contributed by atoms with van der Waals surface area (Å²) in [6.07, 6.45) is 3.91. The van der Waals surface area contributed by atoms with Crippen molar-refractivity contribution in [3.63, 3.8) is 0 Å². The van der Waals surface area contributed by atoms with E-state index in [1.807, 2.05) is 64.7 Å². The molecule has 6 nitrogen and oxygen atoms in total. The maximum absolute atomic E-state index is 12.5. The number of benzene rings is 1. The minimum atomic E-state index is -0.229. The molecule has 4 rings (SSSR count). The van der Waals surface area contributed by atoms with Gasteiger partial charge in [-0.3, -0.25) is 9.20 Å². The zero-order valence-electron chi connectivity index (χ0n) is 14.2. The van der Waals surface area contributed by atoms with E-state index in [9.17, 15) is 4.79 Å². The molecule has 3 aromatic heterocycles. The van der Waals surface area contributed by atoms with E-state index in [0.717, 1.165) is 17.0 Å². The third-order valence-electron chi connectivity index (χ3n) is 4.41. The van der Waals surface area contributed by atoms with Crippen LogP contribution in [0.1, 0.15) is 24.4 Å². The third kappa shape index (κ3) is 2.76. The first kappa shape index (κ1) is 15.4. The molecule has 1 atom stereocenters. The number of hydrogen-bond donors (Lipinski definition) is 1. The smallest absolute Gasteiger partial charge is 0.240 e. The first-order valence-electron chi connectivity index (χ1n) is 8.27. The highest BCUT2D eigenvalue weighted by atomic mass is 16.2. The highest BCUT2D eigenvalue weighted by Gasteiger charge is 2.16. The lowest BCUT2D eigenvalue weighted by Gasteiger charge is -2.13. The van der Waals surface area contributed by atoms with Crippen LogP contribution in [0.4, 0.5) is 0 Å². The third-order valence-corrected chi connectivity index (χ3v) is 4.41. The van der Waals surface area contributed by atoms with Crippen molar-refractivity contribution < 1.29 is 4.79 Å². The monoisotopic (exact) mass is 333 g/mol. The summed E-state index contributed by atoms with van der Waals surface area (Å²) in [5, 5.41) is 12.5. The van der Waals surface area contributed by atoms with Gasteiger partial charge in [-0.05, 0) is 37.6 Å². The van der Waals surface area contributed by atoms with Gasteiger partial charge in [-0.1, -0.05) is 24.3 Å². The van der Waals surface area contributed by atoms with Crippen molar-refractivity contribution in [1.29, 1.82) is 0 Å². The molecule has 3 heterocycles. The van der Waals surface area contributed by atoms with Gasteiger partial charge in [0.25, 0.3) is 0 Å². The van der Waals surface area contributed by atoms with E-state index in [2.05, 4.69) is 28.5 Å². The first-order chi connectivity index (χ1) is 12.1. The summed E-state index contributed by atoms with van der Waals surface area (Å²) in [5.41, 5.74) is 3.00. The Morgan fingerprint density at radius 2 is 1.96 bits per heavy atom. The number of pyridine rings is 1. The van der Waals surface area contributed by atoms with E-state index >= 15 is 0 Å². The maximum atomic E-state index is 12.5. The summed E-state index contributed by atoms with van der Waals surface area (Å²) in [4.78, 5) is 12.5. The Labute approximate surface area is 145 Å². The van der Waals surface area contributed by atoms with E-state index in [0.29, 0.717) is 0 Å². The number of nitrogens with one attached hydrogen (secondary N) is 1. The van der Waals surface area contributed by atoms with Crippen molar-refractivity contribution >= 4 is 22.5 Å². The minimum Gasteiger partial charge on any atom is -0.345 e. The molecule has 4 aromatic rings. The quantitative estimate of drug-likeness (QED) is 0.624. The highest BCUT2D eigenvalue weighted by Crippen LogP contribution is 2.20. The molecule has 0 radical (unpaired) electrons. The second-order valence-corrected chi connectivity index (χ2v) is 6.23. The van der Waals surface area contributed by atoms with Gasteiger partial charge in [0.1, 0.15) is 6.54 Å². The molecule has 6 heteroatoms. The van der Waals surface area contributed by atoms with Crippen LogP contribution in [0.3, 0.4) is 0 Å². The van der Waals surface area contributed by atoms with Crippen LogP contribution in [0.25, 0.3) is 16.6 Å². The van der Waals surface area contributed by atoms with Crippen LogP contribution in [-0.4, -0.2) is 25.1 Å². The molecule has 0 saturated heterocycles. The molecule has 1 amide bonds. The van der Waals surface area contributed by atoms with Crippen LogP contribution in [-0.2, 0) is 11.3 Å². The van der Waals surface area contributed by atoms with Gasteiger partial charge in [0.05, 0.1) is 6.04 Å². The van der Waals surface area contributed by atoms with E-state index in [-0.39, 0.29) is 18.5 Å². The Morgan fingerprint density at radius 3 is 2.84 bits per heavy atom. The van der Waals surface area contributed by atoms with Crippen LogP contribution in [0.2, 0.25) is 0 Å². The van der Waals surface area contributed by atoms with Gasteiger partial charge in [-0.15, -0.1) is 10.2 Å². The number of hydrogen-bond acceptors (Lipinski definition) is 3. The summed E-state index contributed by atoms with van der Waals surface area (Å²) < 4.78 is 3.87. The van der Waals surface area contributed by atoms with Gasteiger partial charge in [0, 0.05) is 23.3 Å². The average molecular weight is 333 g/mol.